The second kappa shape index (κ2) is 7.27. The Bertz CT molecular complexity index is 702. The molecule has 3 aliphatic rings. The number of ether oxygens (including phenoxy) is 1. The average molecular weight is 355 g/mol. The molecule has 1 aromatic heterocycles. The van der Waals surface area contributed by atoms with Crippen LogP contribution >= 0.6 is 0 Å². The summed E-state index contributed by atoms with van der Waals surface area (Å²) in [7, 11) is 0. The second-order valence-electron chi connectivity index (χ2n) is 7.97. The van der Waals surface area contributed by atoms with Crippen molar-refractivity contribution in [2.75, 3.05) is 13.2 Å². The van der Waals surface area contributed by atoms with Crippen molar-refractivity contribution in [1.29, 1.82) is 0 Å². The van der Waals surface area contributed by atoms with Crippen LogP contribution in [0.2, 0.25) is 0 Å². The summed E-state index contributed by atoms with van der Waals surface area (Å²) >= 11 is 0. The van der Waals surface area contributed by atoms with Crippen LogP contribution in [0, 0.1) is 5.41 Å². The maximum absolute atomic E-state index is 5.41. The normalized spacial score (nSPS) is 23.2. The highest BCUT2D eigenvalue weighted by Gasteiger charge is 2.41. The number of aliphatic imine (C=N–C) groups is 1. The van der Waals surface area contributed by atoms with E-state index < -0.39 is 0 Å². The number of nitrogens with zero attached hydrogens (tertiary/aromatic N) is 2. The lowest BCUT2D eigenvalue weighted by atomic mass is 9.71. The minimum Gasteiger partial charge on any atom is -0.380 e. The van der Waals surface area contributed by atoms with Crippen LogP contribution in [0.4, 0.5) is 5.82 Å². The molecule has 0 unspecified atom stereocenters. The number of hydrogen-bond donors (Lipinski definition) is 3. The zero-order valence-corrected chi connectivity index (χ0v) is 15.6. The fourth-order valence-corrected chi connectivity index (χ4v) is 3.87. The van der Waals surface area contributed by atoms with Crippen LogP contribution in [-0.4, -0.2) is 35.3 Å². The highest BCUT2D eigenvalue weighted by Crippen LogP contribution is 2.42. The number of allylic oxidation sites excluding steroid dienone is 1. The predicted molar refractivity (Wildman–Crippen MR) is 103 cm³/mol. The molecule has 1 saturated heterocycles. The molecule has 2 heterocycles. The van der Waals surface area contributed by atoms with Gasteiger partial charge in [-0.3, -0.25) is 5.10 Å². The Morgan fingerprint density at radius 3 is 2.73 bits per heavy atom. The van der Waals surface area contributed by atoms with E-state index in [-0.39, 0.29) is 0 Å². The molecule has 3 fully saturated rings. The summed E-state index contributed by atoms with van der Waals surface area (Å²) in [4.78, 5) is 4.62. The molecule has 3 N–H and O–H groups in total. The SMILES string of the molecule is C=C(NC(/C=C\C)=Nc1cc(C2CC2)[nH]n1)NC1CCC2(CC1)COC2. The lowest BCUT2D eigenvalue weighted by molar-refractivity contribution is -0.133. The molecule has 140 valence electrons. The Balaban J connectivity index is 1.32. The molecule has 0 bridgehead atoms. The fourth-order valence-electron chi connectivity index (χ4n) is 3.87. The first kappa shape index (κ1) is 17.3. The Kier molecular flexibility index (Phi) is 4.85. The van der Waals surface area contributed by atoms with Crippen LogP contribution in [0.3, 0.4) is 0 Å². The number of hydrogen-bond acceptors (Lipinski definition) is 4. The third kappa shape index (κ3) is 4.01. The van der Waals surface area contributed by atoms with Crippen LogP contribution in [-0.2, 0) is 4.74 Å². The predicted octanol–water partition coefficient (Wildman–Crippen LogP) is 3.50. The quantitative estimate of drug-likeness (QED) is 0.539. The zero-order chi connectivity index (χ0) is 18.0. The molecule has 0 amide bonds. The number of nitrogens with one attached hydrogen (secondary N) is 3. The monoisotopic (exact) mass is 355 g/mol. The Hall–Kier alpha value is -2.08. The van der Waals surface area contributed by atoms with Gasteiger partial charge in [-0.05, 0) is 51.5 Å². The molecule has 6 heteroatoms. The summed E-state index contributed by atoms with van der Waals surface area (Å²) in [5.74, 6) is 2.91. The summed E-state index contributed by atoms with van der Waals surface area (Å²) in [5.41, 5.74) is 1.67. The van der Waals surface area contributed by atoms with E-state index in [1.807, 2.05) is 25.1 Å². The minimum absolute atomic E-state index is 0.472. The second-order valence-corrected chi connectivity index (χ2v) is 7.97. The highest BCUT2D eigenvalue weighted by molar-refractivity contribution is 5.95. The number of aromatic nitrogens is 2. The number of aromatic amines is 1. The van der Waals surface area contributed by atoms with Gasteiger partial charge in [-0.1, -0.05) is 12.7 Å². The zero-order valence-electron chi connectivity index (χ0n) is 15.6. The minimum atomic E-state index is 0.472. The highest BCUT2D eigenvalue weighted by atomic mass is 16.5. The van der Waals surface area contributed by atoms with Crippen molar-refractivity contribution in [3.05, 3.63) is 36.3 Å². The molecule has 0 aromatic carbocycles. The first-order valence-corrected chi connectivity index (χ1v) is 9.73. The molecule has 1 aromatic rings. The van der Waals surface area contributed by atoms with Crippen molar-refractivity contribution in [3.63, 3.8) is 0 Å². The van der Waals surface area contributed by atoms with Gasteiger partial charge in [0.05, 0.1) is 19.0 Å². The lowest BCUT2D eigenvalue weighted by Gasteiger charge is -2.46. The Morgan fingerprint density at radius 2 is 2.12 bits per heavy atom. The standard InChI is InChI=1S/C20H29N5O/c1-3-4-18(23-19-11-17(24-25-19)15-5-6-15)22-14(2)21-16-7-9-20(10-8-16)12-26-13-20/h3-4,11,15-16,21H,2,5-10,12-13H2,1H3,(H2,22,23,24,25)/b4-3-. The van der Waals surface area contributed by atoms with E-state index in [4.69, 9.17) is 4.74 Å². The van der Waals surface area contributed by atoms with Gasteiger partial charge < -0.3 is 15.4 Å². The van der Waals surface area contributed by atoms with Gasteiger partial charge in [0.15, 0.2) is 5.82 Å². The number of H-pyrrole nitrogens is 1. The van der Waals surface area contributed by atoms with Gasteiger partial charge in [-0.25, -0.2) is 4.99 Å². The molecular weight excluding hydrogens is 326 g/mol. The third-order valence-electron chi connectivity index (χ3n) is 5.68. The van der Waals surface area contributed by atoms with Crippen molar-refractivity contribution in [2.45, 2.75) is 57.4 Å². The molecule has 4 rings (SSSR count). The maximum atomic E-state index is 5.41. The molecule has 0 radical (unpaired) electrons. The molecule has 26 heavy (non-hydrogen) atoms. The molecular formula is C20H29N5O. The molecule has 2 saturated carbocycles. The summed E-state index contributed by atoms with van der Waals surface area (Å²) < 4.78 is 5.41. The van der Waals surface area contributed by atoms with Gasteiger partial charge >= 0.3 is 0 Å². The number of amidine groups is 1. The van der Waals surface area contributed by atoms with E-state index in [1.54, 1.807) is 0 Å². The molecule has 1 spiro atoms. The van der Waals surface area contributed by atoms with Crippen molar-refractivity contribution < 1.29 is 4.74 Å². The van der Waals surface area contributed by atoms with Gasteiger partial charge in [0.2, 0.25) is 0 Å². The van der Waals surface area contributed by atoms with Crippen molar-refractivity contribution in [2.24, 2.45) is 10.4 Å². The van der Waals surface area contributed by atoms with Crippen LogP contribution in [0.25, 0.3) is 0 Å². The van der Waals surface area contributed by atoms with Gasteiger partial charge in [0.25, 0.3) is 0 Å². The van der Waals surface area contributed by atoms with E-state index in [0.717, 1.165) is 24.9 Å². The topological polar surface area (TPSA) is 74.3 Å². The first-order chi connectivity index (χ1) is 12.7. The summed E-state index contributed by atoms with van der Waals surface area (Å²) in [6.07, 6.45) is 11.2. The smallest absolute Gasteiger partial charge is 0.175 e. The van der Waals surface area contributed by atoms with Gasteiger partial charge in [-0.15, -0.1) is 0 Å². The van der Waals surface area contributed by atoms with Crippen LogP contribution in [0.1, 0.15) is 57.1 Å². The Morgan fingerprint density at radius 1 is 1.35 bits per heavy atom. The summed E-state index contributed by atoms with van der Waals surface area (Å²) in [6.45, 7) is 8.01. The van der Waals surface area contributed by atoms with Crippen molar-refractivity contribution >= 4 is 11.7 Å². The largest absolute Gasteiger partial charge is 0.380 e. The van der Waals surface area contributed by atoms with Gasteiger partial charge in [0.1, 0.15) is 5.84 Å². The van der Waals surface area contributed by atoms with E-state index in [0.29, 0.717) is 23.2 Å². The number of rotatable bonds is 6. The Labute approximate surface area is 155 Å². The fraction of sp³-hybridized carbons (Fsp3) is 0.600. The lowest BCUT2D eigenvalue weighted by Crippen LogP contribution is -2.48. The third-order valence-corrected chi connectivity index (χ3v) is 5.68. The van der Waals surface area contributed by atoms with Crippen LogP contribution in [0.5, 0.6) is 0 Å². The molecule has 2 aliphatic carbocycles. The summed E-state index contributed by atoms with van der Waals surface area (Å²) in [6, 6.07) is 2.51. The molecule has 6 nitrogen and oxygen atoms in total. The maximum Gasteiger partial charge on any atom is 0.175 e. The van der Waals surface area contributed by atoms with Crippen LogP contribution < -0.4 is 10.6 Å². The van der Waals surface area contributed by atoms with E-state index in [9.17, 15) is 0 Å². The molecule has 1 aliphatic heterocycles. The first-order valence-electron chi connectivity index (χ1n) is 9.73. The van der Waals surface area contributed by atoms with Crippen molar-refractivity contribution in [3.8, 4) is 0 Å². The van der Waals surface area contributed by atoms with Crippen molar-refractivity contribution in [1.82, 2.24) is 20.8 Å². The average Bonchev–Trinajstić information content (AvgIpc) is 3.34. The van der Waals surface area contributed by atoms with E-state index in [2.05, 4.69) is 32.4 Å². The van der Waals surface area contributed by atoms with Gasteiger partial charge in [-0.2, -0.15) is 5.10 Å². The van der Waals surface area contributed by atoms with E-state index in [1.165, 1.54) is 44.2 Å². The molecule has 0 atom stereocenters. The van der Waals surface area contributed by atoms with Gasteiger partial charge in [0, 0.05) is 29.1 Å². The van der Waals surface area contributed by atoms with E-state index >= 15 is 0 Å². The summed E-state index contributed by atoms with van der Waals surface area (Å²) in [5, 5.41) is 14.2. The van der Waals surface area contributed by atoms with Crippen LogP contribution in [0.15, 0.2) is 35.6 Å².